The summed E-state index contributed by atoms with van der Waals surface area (Å²) in [5, 5.41) is 11.4. The van der Waals surface area contributed by atoms with Gasteiger partial charge in [0, 0.05) is 33.2 Å². The molecule has 0 amide bonds. The molecule has 2 N–H and O–H groups in total. The van der Waals surface area contributed by atoms with Crippen molar-refractivity contribution in [3.05, 3.63) is 11.6 Å². The third-order valence-corrected chi connectivity index (χ3v) is 3.91. The Kier molecular flexibility index (Phi) is 5.98. The van der Waals surface area contributed by atoms with E-state index in [2.05, 4.69) is 46.5 Å². The molecule has 0 saturated carbocycles. The number of hydrogen-bond acceptors (Lipinski definition) is 4. The van der Waals surface area contributed by atoms with Crippen LogP contribution in [-0.4, -0.2) is 47.5 Å². The molecule has 7 heteroatoms. The topological polar surface area (TPSA) is 76.4 Å². The molecule has 0 saturated heterocycles. The minimum absolute atomic E-state index is 0.320. The van der Waals surface area contributed by atoms with Gasteiger partial charge in [0.2, 0.25) is 0 Å². The number of nitrogens with zero attached hydrogens (tertiary/aromatic N) is 4. The van der Waals surface area contributed by atoms with E-state index in [-0.39, 0.29) is 0 Å². The average Bonchev–Trinajstić information content (AvgIpc) is 2.87. The molecule has 23 heavy (non-hydrogen) atoms. The van der Waals surface area contributed by atoms with Crippen LogP contribution in [0.1, 0.15) is 45.3 Å². The fourth-order valence-corrected chi connectivity index (χ4v) is 2.61. The number of ether oxygens (including phenoxy) is 1. The molecule has 2 rings (SSSR count). The molecule has 2 heterocycles. The standard InChI is InChI=1S/C16H30N6O/c1-16(2,3)8-9-18-15(17-4)19-12-6-7-14-20-13(11-23-5)21-22(14)10-12/h12H,6-11H2,1-5H3,(H2,17,18,19). The molecular formula is C16H30N6O. The fraction of sp³-hybridized carbons (Fsp3) is 0.812. The van der Waals surface area contributed by atoms with Gasteiger partial charge in [0.1, 0.15) is 12.4 Å². The monoisotopic (exact) mass is 322 g/mol. The highest BCUT2D eigenvalue weighted by Crippen LogP contribution is 2.17. The number of hydrogen-bond donors (Lipinski definition) is 2. The highest BCUT2D eigenvalue weighted by molar-refractivity contribution is 5.79. The minimum atomic E-state index is 0.320. The molecule has 1 aromatic heterocycles. The summed E-state index contributed by atoms with van der Waals surface area (Å²) in [5.41, 5.74) is 0.323. The maximum absolute atomic E-state index is 5.10. The summed E-state index contributed by atoms with van der Waals surface area (Å²) in [7, 11) is 3.48. The maximum atomic E-state index is 5.10. The molecule has 0 radical (unpaired) electrons. The van der Waals surface area contributed by atoms with Crippen molar-refractivity contribution in [2.45, 2.75) is 59.2 Å². The lowest BCUT2D eigenvalue weighted by Gasteiger charge is -2.26. The second-order valence-corrected chi connectivity index (χ2v) is 7.25. The highest BCUT2D eigenvalue weighted by atomic mass is 16.5. The molecule has 1 aliphatic rings. The number of methoxy groups -OCH3 is 1. The first-order valence-electron chi connectivity index (χ1n) is 8.30. The number of guanidine groups is 1. The van der Waals surface area contributed by atoms with E-state index in [9.17, 15) is 0 Å². The average molecular weight is 322 g/mol. The third kappa shape index (κ3) is 5.49. The Labute approximate surface area is 138 Å². The van der Waals surface area contributed by atoms with Crippen molar-refractivity contribution in [2.75, 3.05) is 20.7 Å². The van der Waals surface area contributed by atoms with E-state index in [4.69, 9.17) is 4.74 Å². The molecule has 1 aromatic rings. The van der Waals surface area contributed by atoms with Crippen LogP contribution in [0.4, 0.5) is 0 Å². The van der Waals surface area contributed by atoms with Gasteiger partial charge in [-0.15, -0.1) is 0 Å². The van der Waals surface area contributed by atoms with Crippen LogP contribution < -0.4 is 10.6 Å². The summed E-state index contributed by atoms with van der Waals surface area (Å²) in [4.78, 5) is 8.83. The van der Waals surface area contributed by atoms with Gasteiger partial charge in [-0.05, 0) is 18.3 Å². The summed E-state index contributed by atoms with van der Waals surface area (Å²) < 4.78 is 7.09. The SMILES string of the molecule is CN=C(NCCC(C)(C)C)NC1CCc2nc(COC)nn2C1. The summed E-state index contributed by atoms with van der Waals surface area (Å²) >= 11 is 0. The Hall–Kier alpha value is -1.63. The van der Waals surface area contributed by atoms with E-state index in [0.29, 0.717) is 18.1 Å². The number of aryl methyl sites for hydroxylation is 1. The van der Waals surface area contributed by atoms with E-state index in [0.717, 1.165) is 50.0 Å². The van der Waals surface area contributed by atoms with Crippen molar-refractivity contribution in [1.29, 1.82) is 0 Å². The summed E-state index contributed by atoms with van der Waals surface area (Å²) in [5.74, 6) is 2.67. The summed E-state index contributed by atoms with van der Waals surface area (Å²) in [6.45, 7) is 8.93. The predicted molar refractivity (Wildman–Crippen MR) is 91.4 cm³/mol. The number of fused-ring (bicyclic) bond motifs is 1. The van der Waals surface area contributed by atoms with Crippen LogP contribution in [-0.2, 0) is 24.3 Å². The van der Waals surface area contributed by atoms with Gasteiger partial charge in [0.15, 0.2) is 11.8 Å². The Morgan fingerprint density at radius 2 is 2.22 bits per heavy atom. The minimum Gasteiger partial charge on any atom is -0.377 e. The molecule has 0 aliphatic carbocycles. The second kappa shape index (κ2) is 7.77. The summed E-state index contributed by atoms with van der Waals surface area (Å²) in [6.07, 6.45) is 3.06. The highest BCUT2D eigenvalue weighted by Gasteiger charge is 2.22. The van der Waals surface area contributed by atoms with Crippen molar-refractivity contribution < 1.29 is 4.74 Å². The van der Waals surface area contributed by atoms with Crippen LogP contribution in [0, 0.1) is 5.41 Å². The van der Waals surface area contributed by atoms with Crippen molar-refractivity contribution >= 4 is 5.96 Å². The quantitative estimate of drug-likeness (QED) is 0.632. The Morgan fingerprint density at radius 3 is 2.87 bits per heavy atom. The van der Waals surface area contributed by atoms with Crippen molar-refractivity contribution in [3.63, 3.8) is 0 Å². The summed E-state index contributed by atoms with van der Waals surface area (Å²) in [6, 6.07) is 0.320. The molecule has 0 spiro atoms. The van der Waals surface area contributed by atoms with E-state index in [1.165, 1.54) is 0 Å². The molecule has 0 fully saturated rings. The van der Waals surface area contributed by atoms with Crippen LogP contribution in [0.15, 0.2) is 4.99 Å². The smallest absolute Gasteiger partial charge is 0.191 e. The maximum Gasteiger partial charge on any atom is 0.191 e. The lowest BCUT2D eigenvalue weighted by molar-refractivity contribution is 0.177. The number of aliphatic imine (C=N–C) groups is 1. The van der Waals surface area contributed by atoms with Crippen molar-refractivity contribution in [1.82, 2.24) is 25.4 Å². The fourth-order valence-electron chi connectivity index (χ4n) is 2.61. The Balaban J connectivity index is 1.85. The van der Waals surface area contributed by atoms with E-state index in [1.807, 2.05) is 11.7 Å². The van der Waals surface area contributed by atoms with Crippen LogP contribution in [0.25, 0.3) is 0 Å². The van der Waals surface area contributed by atoms with Gasteiger partial charge in [0.25, 0.3) is 0 Å². The molecule has 1 unspecified atom stereocenters. The second-order valence-electron chi connectivity index (χ2n) is 7.25. The van der Waals surface area contributed by atoms with Gasteiger partial charge in [-0.1, -0.05) is 20.8 Å². The van der Waals surface area contributed by atoms with Gasteiger partial charge >= 0.3 is 0 Å². The molecule has 0 bridgehead atoms. The molecule has 7 nitrogen and oxygen atoms in total. The van der Waals surface area contributed by atoms with Gasteiger partial charge in [-0.2, -0.15) is 5.10 Å². The Morgan fingerprint density at radius 1 is 1.43 bits per heavy atom. The largest absolute Gasteiger partial charge is 0.377 e. The molecule has 0 aromatic carbocycles. The lowest BCUT2D eigenvalue weighted by atomic mass is 9.92. The first-order valence-corrected chi connectivity index (χ1v) is 8.30. The Bertz CT molecular complexity index is 531. The molecule has 1 atom stereocenters. The van der Waals surface area contributed by atoms with Gasteiger partial charge in [-0.3, -0.25) is 4.99 Å². The van der Waals surface area contributed by atoms with E-state index < -0.39 is 0 Å². The van der Waals surface area contributed by atoms with Crippen molar-refractivity contribution in [2.24, 2.45) is 10.4 Å². The zero-order chi connectivity index (χ0) is 16.9. The zero-order valence-corrected chi connectivity index (χ0v) is 15.0. The zero-order valence-electron chi connectivity index (χ0n) is 15.0. The lowest BCUT2D eigenvalue weighted by Crippen LogP contribution is -2.47. The molecular weight excluding hydrogens is 292 g/mol. The first kappa shape index (κ1) is 17.7. The normalized spacial score (nSPS) is 18.7. The van der Waals surface area contributed by atoms with E-state index >= 15 is 0 Å². The van der Waals surface area contributed by atoms with E-state index in [1.54, 1.807) is 7.11 Å². The van der Waals surface area contributed by atoms with Crippen LogP contribution in [0.2, 0.25) is 0 Å². The van der Waals surface area contributed by atoms with Crippen LogP contribution in [0.5, 0.6) is 0 Å². The van der Waals surface area contributed by atoms with Gasteiger partial charge in [-0.25, -0.2) is 9.67 Å². The van der Waals surface area contributed by atoms with Gasteiger partial charge in [0.05, 0.1) is 6.54 Å². The van der Waals surface area contributed by atoms with Gasteiger partial charge < -0.3 is 15.4 Å². The third-order valence-electron chi connectivity index (χ3n) is 3.91. The van der Waals surface area contributed by atoms with Crippen LogP contribution >= 0.6 is 0 Å². The number of nitrogens with one attached hydrogen (secondary N) is 2. The molecule has 1 aliphatic heterocycles. The number of rotatable bonds is 5. The first-order chi connectivity index (χ1) is 10.9. The number of aromatic nitrogens is 3. The predicted octanol–water partition coefficient (Wildman–Crippen LogP) is 1.34. The molecule has 130 valence electrons. The van der Waals surface area contributed by atoms with Crippen molar-refractivity contribution in [3.8, 4) is 0 Å². The van der Waals surface area contributed by atoms with Crippen LogP contribution in [0.3, 0.4) is 0 Å².